The van der Waals surface area contributed by atoms with Crippen molar-refractivity contribution in [3.05, 3.63) is 42.0 Å². The van der Waals surface area contributed by atoms with E-state index in [-0.39, 0.29) is 33.5 Å². The summed E-state index contributed by atoms with van der Waals surface area (Å²) in [7, 11) is -2.86. The van der Waals surface area contributed by atoms with Crippen molar-refractivity contribution in [3.8, 4) is 16.9 Å². The van der Waals surface area contributed by atoms with Crippen molar-refractivity contribution in [2.75, 3.05) is 18.0 Å². The van der Waals surface area contributed by atoms with Crippen LogP contribution in [-0.2, 0) is 21.0 Å². The lowest BCUT2D eigenvalue weighted by atomic mass is 10.00. The number of rotatable bonds is 6. The SMILES string of the molecule is CCC(CC)NC(=O)CN1c2ccc(C(F)(F)F)cc2-c2ccc(OC)cc2S1(=O)=O. The number of hydrogen-bond donors (Lipinski definition) is 1. The Morgan fingerprint density at radius 2 is 1.77 bits per heavy atom. The van der Waals surface area contributed by atoms with E-state index in [1.807, 2.05) is 13.8 Å². The van der Waals surface area contributed by atoms with Gasteiger partial charge in [0.15, 0.2) is 0 Å². The van der Waals surface area contributed by atoms with Gasteiger partial charge in [-0.15, -0.1) is 0 Å². The molecule has 0 saturated carbocycles. The minimum Gasteiger partial charge on any atom is -0.497 e. The van der Waals surface area contributed by atoms with E-state index in [2.05, 4.69) is 5.32 Å². The van der Waals surface area contributed by atoms with Gasteiger partial charge in [-0.2, -0.15) is 13.2 Å². The summed E-state index contributed by atoms with van der Waals surface area (Å²) in [5.41, 5.74) is -0.685. The Morgan fingerprint density at radius 3 is 2.35 bits per heavy atom. The van der Waals surface area contributed by atoms with E-state index in [1.54, 1.807) is 0 Å². The highest BCUT2D eigenvalue weighted by Crippen LogP contribution is 2.46. The summed E-state index contributed by atoms with van der Waals surface area (Å²) in [4.78, 5) is 12.4. The zero-order valence-corrected chi connectivity index (χ0v) is 18.1. The van der Waals surface area contributed by atoms with Crippen LogP contribution in [0.4, 0.5) is 18.9 Å². The first-order valence-electron chi connectivity index (χ1n) is 9.74. The number of carbonyl (C=O) groups is 1. The predicted octanol–water partition coefficient (Wildman–Crippen LogP) is 4.19. The molecule has 0 aliphatic carbocycles. The molecule has 0 fully saturated rings. The van der Waals surface area contributed by atoms with Crippen LogP contribution < -0.4 is 14.4 Å². The third-order valence-electron chi connectivity index (χ3n) is 5.28. The molecule has 3 rings (SSSR count). The Kier molecular flexibility index (Phi) is 6.22. The molecular formula is C21H23F3N2O4S. The highest BCUT2D eigenvalue weighted by molar-refractivity contribution is 7.93. The molecule has 0 saturated heterocycles. The first-order chi connectivity index (χ1) is 14.5. The molecule has 31 heavy (non-hydrogen) atoms. The van der Waals surface area contributed by atoms with Crippen LogP contribution in [0.2, 0.25) is 0 Å². The quantitative estimate of drug-likeness (QED) is 0.707. The molecule has 1 aliphatic heterocycles. The number of amides is 1. The minimum atomic E-state index is -4.60. The summed E-state index contributed by atoms with van der Waals surface area (Å²) in [5.74, 6) is -0.298. The number of hydrogen-bond acceptors (Lipinski definition) is 4. The van der Waals surface area contributed by atoms with Crippen LogP contribution in [-0.4, -0.2) is 34.0 Å². The summed E-state index contributed by atoms with van der Waals surface area (Å²) in [6.07, 6.45) is -3.27. The fourth-order valence-corrected chi connectivity index (χ4v) is 5.19. The van der Waals surface area contributed by atoms with Crippen LogP contribution in [0.3, 0.4) is 0 Å². The van der Waals surface area contributed by atoms with Crippen LogP contribution in [0.5, 0.6) is 5.75 Å². The number of fused-ring (bicyclic) bond motifs is 3. The summed E-state index contributed by atoms with van der Waals surface area (Å²) >= 11 is 0. The Morgan fingerprint density at radius 1 is 1.10 bits per heavy atom. The lowest BCUT2D eigenvalue weighted by molar-refractivity contribution is -0.137. The van der Waals surface area contributed by atoms with E-state index in [0.717, 1.165) is 22.5 Å². The standard InChI is InChI=1S/C21H23F3N2O4S/c1-4-14(5-2)25-20(27)12-26-18-9-6-13(21(22,23)24)10-17(18)16-8-7-15(30-3)11-19(16)31(26,28)29/h6-11,14H,4-5,12H2,1-3H3,(H,25,27). The molecule has 0 spiro atoms. The average Bonchev–Trinajstić information content (AvgIpc) is 2.73. The number of benzene rings is 2. The van der Waals surface area contributed by atoms with Crippen molar-refractivity contribution in [2.45, 2.75) is 43.8 Å². The molecule has 0 bridgehead atoms. The monoisotopic (exact) mass is 456 g/mol. The topological polar surface area (TPSA) is 75.7 Å². The highest BCUT2D eigenvalue weighted by Gasteiger charge is 2.39. The third-order valence-corrected chi connectivity index (χ3v) is 7.08. The molecule has 1 N–H and O–H groups in total. The number of nitrogens with zero attached hydrogens (tertiary/aromatic N) is 1. The van der Waals surface area contributed by atoms with Gasteiger partial charge in [0.25, 0.3) is 10.0 Å². The van der Waals surface area contributed by atoms with Gasteiger partial charge >= 0.3 is 6.18 Å². The maximum absolute atomic E-state index is 13.3. The van der Waals surface area contributed by atoms with E-state index in [9.17, 15) is 26.4 Å². The van der Waals surface area contributed by atoms with Gasteiger partial charge in [0.05, 0.1) is 23.3 Å². The Labute approximate surface area is 179 Å². The zero-order valence-electron chi connectivity index (χ0n) is 17.3. The van der Waals surface area contributed by atoms with Crippen LogP contribution >= 0.6 is 0 Å². The summed E-state index contributed by atoms with van der Waals surface area (Å²) in [6.45, 7) is 3.24. The highest BCUT2D eigenvalue weighted by atomic mass is 32.2. The first-order valence-corrected chi connectivity index (χ1v) is 11.2. The van der Waals surface area contributed by atoms with Gasteiger partial charge in [0, 0.05) is 23.2 Å². The summed E-state index contributed by atoms with van der Waals surface area (Å²) in [5, 5.41) is 2.76. The molecule has 1 aliphatic rings. The number of carbonyl (C=O) groups excluding carboxylic acids is 1. The van der Waals surface area contributed by atoms with Gasteiger partial charge in [-0.3, -0.25) is 9.10 Å². The average molecular weight is 456 g/mol. The van der Waals surface area contributed by atoms with Crippen molar-refractivity contribution in [3.63, 3.8) is 0 Å². The number of halogens is 3. The number of methoxy groups -OCH3 is 1. The van der Waals surface area contributed by atoms with Crippen molar-refractivity contribution >= 4 is 21.6 Å². The maximum atomic E-state index is 13.3. The molecule has 0 unspecified atom stereocenters. The largest absolute Gasteiger partial charge is 0.497 e. The molecular weight excluding hydrogens is 433 g/mol. The Bertz CT molecular complexity index is 1100. The van der Waals surface area contributed by atoms with Crippen LogP contribution in [0, 0.1) is 0 Å². The second kappa shape index (κ2) is 8.41. The number of sulfonamides is 1. The molecule has 1 heterocycles. The third kappa shape index (κ3) is 4.34. The lowest BCUT2D eigenvalue weighted by Gasteiger charge is -2.32. The fraction of sp³-hybridized carbons (Fsp3) is 0.381. The van der Waals surface area contributed by atoms with E-state index in [0.29, 0.717) is 12.8 Å². The zero-order chi connectivity index (χ0) is 23.0. The van der Waals surface area contributed by atoms with Crippen LogP contribution in [0.25, 0.3) is 11.1 Å². The number of anilines is 1. The van der Waals surface area contributed by atoms with E-state index in [4.69, 9.17) is 4.74 Å². The molecule has 0 radical (unpaired) electrons. The number of ether oxygens (including phenoxy) is 1. The summed E-state index contributed by atoms with van der Waals surface area (Å²) in [6, 6.07) is 6.82. The Hall–Kier alpha value is -2.75. The molecule has 168 valence electrons. The molecule has 6 nitrogen and oxygen atoms in total. The molecule has 0 aromatic heterocycles. The van der Waals surface area contributed by atoms with Crippen LogP contribution in [0.1, 0.15) is 32.3 Å². The van der Waals surface area contributed by atoms with E-state index >= 15 is 0 Å². The first kappa shape index (κ1) is 22.9. The number of nitrogens with one attached hydrogen (secondary N) is 1. The molecule has 2 aromatic carbocycles. The lowest BCUT2D eigenvalue weighted by Crippen LogP contribution is -2.45. The molecule has 0 atom stereocenters. The van der Waals surface area contributed by atoms with Crippen molar-refractivity contribution in [2.24, 2.45) is 0 Å². The van der Waals surface area contributed by atoms with Gasteiger partial charge in [-0.05, 0) is 43.2 Å². The second-order valence-corrected chi connectivity index (χ2v) is 9.02. The van der Waals surface area contributed by atoms with Crippen molar-refractivity contribution < 1.29 is 31.1 Å². The van der Waals surface area contributed by atoms with E-state index < -0.39 is 34.2 Å². The van der Waals surface area contributed by atoms with Gasteiger partial charge in [-0.25, -0.2) is 8.42 Å². The maximum Gasteiger partial charge on any atom is 0.416 e. The minimum absolute atomic E-state index is 0.0189. The van der Waals surface area contributed by atoms with Crippen molar-refractivity contribution in [1.29, 1.82) is 0 Å². The second-order valence-electron chi connectivity index (χ2n) is 7.18. The van der Waals surface area contributed by atoms with Crippen molar-refractivity contribution in [1.82, 2.24) is 5.32 Å². The smallest absolute Gasteiger partial charge is 0.416 e. The van der Waals surface area contributed by atoms with Crippen LogP contribution in [0.15, 0.2) is 41.3 Å². The van der Waals surface area contributed by atoms with Gasteiger partial charge in [0.1, 0.15) is 12.3 Å². The molecule has 10 heteroatoms. The Balaban J connectivity index is 2.15. The fourth-order valence-electron chi connectivity index (χ4n) is 3.53. The van der Waals surface area contributed by atoms with Gasteiger partial charge < -0.3 is 10.1 Å². The molecule has 2 aromatic rings. The van der Waals surface area contributed by atoms with Gasteiger partial charge in [-0.1, -0.05) is 13.8 Å². The van der Waals surface area contributed by atoms with Gasteiger partial charge in [0.2, 0.25) is 5.91 Å². The molecule has 1 amide bonds. The number of alkyl halides is 3. The van der Waals surface area contributed by atoms with E-state index in [1.165, 1.54) is 25.3 Å². The normalized spacial score (nSPS) is 14.7. The predicted molar refractivity (Wildman–Crippen MR) is 110 cm³/mol. The summed E-state index contributed by atoms with van der Waals surface area (Å²) < 4.78 is 72.6.